The predicted molar refractivity (Wildman–Crippen MR) is 73.9 cm³/mol. The molecule has 1 atom stereocenters. The van der Waals surface area contributed by atoms with Gasteiger partial charge in [-0.15, -0.1) is 0 Å². The molecule has 0 fully saturated rings. The molecule has 0 aliphatic heterocycles. The highest BCUT2D eigenvalue weighted by atomic mass is 15.1. The number of hydrogen-bond acceptors (Lipinski definition) is 2. The third-order valence-corrected chi connectivity index (χ3v) is 3.44. The van der Waals surface area contributed by atoms with Crippen LogP contribution in [0.4, 0.5) is 0 Å². The fraction of sp³-hybridized carbons (Fsp3) is 1.00. The largest absolute Gasteiger partial charge is 0.315 e. The monoisotopic (exact) mass is 228 g/mol. The summed E-state index contributed by atoms with van der Waals surface area (Å²) in [5, 5.41) is 3.52. The van der Waals surface area contributed by atoms with Crippen LogP contribution in [0.25, 0.3) is 0 Å². The predicted octanol–water partition coefficient (Wildman–Crippen LogP) is 2.99. The number of hydrogen-bond donors (Lipinski definition) is 1. The summed E-state index contributed by atoms with van der Waals surface area (Å²) in [4.78, 5) is 2.44. The van der Waals surface area contributed by atoms with Gasteiger partial charge in [-0.05, 0) is 45.2 Å². The molecule has 16 heavy (non-hydrogen) atoms. The van der Waals surface area contributed by atoms with Gasteiger partial charge in [0.15, 0.2) is 0 Å². The molecule has 1 unspecified atom stereocenters. The molecule has 0 aliphatic rings. The Balaban J connectivity index is 3.37. The molecule has 2 heteroatoms. The van der Waals surface area contributed by atoms with Crippen molar-refractivity contribution in [1.82, 2.24) is 10.2 Å². The van der Waals surface area contributed by atoms with Gasteiger partial charge in [0, 0.05) is 19.1 Å². The van der Waals surface area contributed by atoms with Crippen LogP contribution in [-0.4, -0.2) is 37.6 Å². The first-order chi connectivity index (χ1) is 7.45. The summed E-state index contributed by atoms with van der Waals surface area (Å²) >= 11 is 0. The highest BCUT2D eigenvalue weighted by Crippen LogP contribution is 2.06. The van der Waals surface area contributed by atoms with Gasteiger partial charge in [0.1, 0.15) is 0 Å². The lowest BCUT2D eigenvalue weighted by molar-refractivity contribution is 0.208. The van der Waals surface area contributed by atoms with E-state index in [1.165, 1.54) is 19.4 Å². The van der Waals surface area contributed by atoms with E-state index >= 15 is 0 Å². The van der Waals surface area contributed by atoms with Crippen LogP contribution >= 0.6 is 0 Å². The minimum atomic E-state index is 0.678. The molecule has 0 heterocycles. The van der Waals surface area contributed by atoms with Gasteiger partial charge < -0.3 is 10.2 Å². The summed E-state index contributed by atoms with van der Waals surface area (Å²) in [5.74, 6) is 1.58. The number of nitrogens with zero attached hydrogens (tertiary/aromatic N) is 1. The van der Waals surface area contributed by atoms with Gasteiger partial charge in [0.25, 0.3) is 0 Å². The zero-order valence-electron chi connectivity index (χ0n) is 12.2. The standard InChI is InChI=1S/C14H32N2/c1-12(2)8-7-9-15-10-11-16(6)14(5)13(3)4/h12-15H,7-11H2,1-6H3. The van der Waals surface area contributed by atoms with Crippen LogP contribution in [0.1, 0.15) is 47.5 Å². The highest BCUT2D eigenvalue weighted by molar-refractivity contribution is 4.67. The van der Waals surface area contributed by atoms with E-state index in [-0.39, 0.29) is 0 Å². The zero-order chi connectivity index (χ0) is 12.6. The summed E-state index contributed by atoms with van der Waals surface area (Å²) in [5.41, 5.74) is 0. The first kappa shape index (κ1) is 15.9. The van der Waals surface area contributed by atoms with Gasteiger partial charge in [0.05, 0.1) is 0 Å². The van der Waals surface area contributed by atoms with E-state index in [9.17, 15) is 0 Å². The third-order valence-electron chi connectivity index (χ3n) is 3.44. The molecule has 1 N–H and O–H groups in total. The molecular weight excluding hydrogens is 196 g/mol. The Morgan fingerprint density at radius 2 is 1.62 bits per heavy atom. The molecule has 0 rings (SSSR count). The van der Waals surface area contributed by atoms with Crippen molar-refractivity contribution < 1.29 is 0 Å². The van der Waals surface area contributed by atoms with Crippen LogP contribution in [0.15, 0.2) is 0 Å². The minimum Gasteiger partial charge on any atom is -0.315 e. The van der Waals surface area contributed by atoms with Gasteiger partial charge in [-0.25, -0.2) is 0 Å². The van der Waals surface area contributed by atoms with Gasteiger partial charge >= 0.3 is 0 Å². The van der Waals surface area contributed by atoms with Crippen LogP contribution in [0.3, 0.4) is 0 Å². The third kappa shape index (κ3) is 8.12. The topological polar surface area (TPSA) is 15.3 Å². The average Bonchev–Trinajstić information content (AvgIpc) is 2.21. The van der Waals surface area contributed by atoms with Crippen molar-refractivity contribution >= 4 is 0 Å². The van der Waals surface area contributed by atoms with Crippen molar-refractivity contribution in [2.45, 2.75) is 53.5 Å². The van der Waals surface area contributed by atoms with Gasteiger partial charge in [-0.2, -0.15) is 0 Å². The van der Waals surface area contributed by atoms with Crippen molar-refractivity contribution in [2.24, 2.45) is 11.8 Å². The summed E-state index contributed by atoms with van der Waals surface area (Å²) in [6.45, 7) is 14.9. The van der Waals surface area contributed by atoms with Gasteiger partial charge in [0.2, 0.25) is 0 Å². The van der Waals surface area contributed by atoms with E-state index in [0.29, 0.717) is 6.04 Å². The quantitative estimate of drug-likeness (QED) is 0.610. The summed E-state index contributed by atoms with van der Waals surface area (Å²) in [7, 11) is 2.22. The van der Waals surface area contributed by atoms with E-state index in [1.807, 2.05) is 0 Å². The Morgan fingerprint density at radius 3 is 2.12 bits per heavy atom. The molecule has 0 aromatic heterocycles. The normalized spacial score (nSPS) is 14.1. The lowest BCUT2D eigenvalue weighted by Crippen LogP contribution is -2.38. The van der Waals surface area contributed by atoms with Crippen LogP contribution in [0.2, 0.25) is 0 Å². The lowest BCUT2D eigenvalue weighted by Gasteiger charge is -2.27. The zero-order valence-corrected chi connectivity index (χ0v) is 12.2. The molecule has 0 aliphatic carbocycles. The van der Waals surface area contributed by atoms with Crippen molar-refractivity contribution in [3.05, 3.63) is 0 Å². The molecule has 0 saturated carbocycles. The van der Waals surface area contributed by atoms with E-state index in [0.717, 1.165) is 24.9 Å². The molecule has 0 saturated heterocycles. The molecule has 0 aromatic carbocycles. The first-order valence-electron chi connectivity index (χ1n) is 6.86. The molecule has 0 radical (unpaired) electrons. The second kappa shape index (κ2) is 9.00. The number of rotatable bonds is 9. The van der Waals surface area contributed by atoms with Crippen LogP contribution < -0.4 is 5.32 Å². The maximum absolute atomic E-state index is 3.52. The molecular formula is C14H32N2. The Hall–Kier alpha value is -0.0800. The van der Waals surface area contributed by atoms with Crippen molar-refractivity contribution in [1.29, 1.82) is 0 Å². The number of likely N-dealkylation sites (N-methyl/N-ethyl adjacent to an activating group) is 1. The van der Waals surface area contributed by atoms with Crippen molar-refractivity contribution in [3.63, 3.8) is 0 Å². The SMILES string of the molecule is CC(C)CCCNCCN(C)C(C)C(C)C. The molecule has 0 amide bonds. The van der Waals surface area contributed by atoms with Crippen molar-refractivity contribution in [2.75, 3.05) is 26.7 Å². The van der Waals surface area contributed by atoms with E-state index in [1.54, 1.807) is 0 Å². The fourth-order valence-electron chi connectivity index (χ4n) is 1.73. The van der Waals surface area contributed by atoms with E-state index in [2.05, 4.69) is 51.9 Å². The summed E-state index contributed by atoms with van der Waals surface area (Å²) < 4.78 is 0. The fourth-order valence-corrected chi connectivity index (χ4v) is 1.73. The Morgan fingerprint density at radius 1 is 1.00 bits per heavy atom. The first-order valence-corrected chi connectivity index (χ1v) is 6.86. The lowest BCUT2D eigenvalue weighted by atomic mass is 10.1. The second-order valence-electron chi connectivity index (χ2n) is 5.75. The highest BCUT2D eigenvalue weighted by Gasteiger charge is 2.11. The second-order valence-corrected chi connectivity index (χ2v) is 5.75. The van der Waals surface area contributed by atoms with Gasteiger partial charge in [-0.3, -0.25) is 0 Å². The average molecular weight is 228 g/mol. The molecule has 0 spiro atoms. The van der Waals surface area contributed by atoms with Crippen LogP contribution in [0.5, 0.6) is 0 Å². The molecule has 98 valence electrons. The molecule has 0 aromatic rings. The van der Waals surface area contributed by atoms with E-state index < -0.39 is 0 Å². The molecule has 0 bridgehead atoms. The summed E-state index contributed by atoms with van der Waals surface area (Å²) in [6, 6.07) is 0.678. The summed E-state index contributed by atoms with van der Waals surface area (Å²) in [6.07, 6.45) is 2.65. The van der Waals surface area contributed by atoms with Gasteiger partial charge in [-0.1, -0.05) is 27.7 Å². The van der Waals surface area contributed by atoms with Crippen LogP contribution in [-0.2, 0) is 0 Å². The molecule has 2 nitrogen and oxygen atoms in total. The smallest absolute Gasteiger partial charge is 0.0107 e. The van der Waals surface area contributed by atoms with E-state index in [4.69, 9.17) is 0 Å². The maximum atomic E-state index is 3.52. The Bertz CT molecular complexity index is 155. The Kier molecular flexibility index (Phi) is 8.96. The number of nitrogens with one attached hydrogen (secondary N) is 1. The van der Waals surface area contributed by atoms with Crippen LogP contribution in [0, 0.1) is 11.8 Å². The maximum Gasteiger partial charge on any atom is 0.0107 e. The van der Waals surface area contributed by atoms with Crippen molar-refractivity contribution in [3.8, 4) is 0 Å². The Labute approximate surface area is 103 Å². The minimum absolute atomic E-state index is 0.678.